The van der Waals surface area contributed by atoms with Crippen LogP contribution in [0.25, 0.3) is 0 Å². The lowest BCUT2D eigenvalue weighted by molar-refractivity contribution is -0.141. The van der Waals surface area contributed by atoms with Crippen LogP contribution < -0.4 is 0 Å². The second-order valence-corrected chi connectivity index (χ2v) is 8.27. The van der Waals surface area contributed by atoms with Crippen LogP contribution >= 0.6 is 0 Å². The molecule has 1 aromatic carbocycles. The Morgan fingerprint density at radius 1 is 1.33 bits per heavy atom. The lowest BCUT2D eigenvalue weighted by atomic mass is 10.1. The molecule has 1 saturated heterocycles. The van der Waals surface area contributed by atoms with Crippen LogP contribution in [-0.4, -0.2) is 55.4 Å². The molecule has 1 aliphatic heterocycles. The summed E-state index contributed by atoms with van der Waals surface area (Å²) in [5.74, 6) is -0.838. The largest absolute Gasteiger partial charge is 0.449 e. The molecule has 2 atom stereocenters. The van der Waals surface area contributed by atoms with Crippen LogP contribution in [0.4, 0.5) is 0 Å². The number of esters is 1. The monoisotopic (exact) mass is 353 g/mol. The molecule has 24 heavy (non-hydrogen) atoms. The van der Waals surface area contributed by atoms with Crippen molar-refractivity contribution in [1.82, 2.24) is 4.90 Å². The summed E-state index contributed by atoms with van der Waals surface area (Å²) in [4.78, 5) is 26.3. The van der Waals surface area contributed by atoms with E-state index in [9.17, 15) is 18.0 Å². The zero-order chi connectivity index (χ0) is 17.9. The molecule has 0 aromatic heterocycles. The van der Waals surface area contributed by atoms with E-state index in [0.717, 1.165) is 5.56 Å². The maximum Gasteiger partial charge on any atom is 0.339 e. The van der Waals surface area contributed by atoms with Crippen molar-refractivity contribution in [2.24, 2.45) is 0 Å². The number of ether oxygens (including phenoxy) is 1. The van der Waals surface area contributed by atoms with E-state index in [2.05, 4.69) is 0 Å². The van der Waals surface area contributed by atoms with Crippen LogP contribution in [0.1, 0.15) is 36.2 Å². The van der Waals surface area contributed by atoms with E-state index >= 15 is 0 Å². The summed E-state index contributed by atoms with van der Waals surface area (Å²) in [7, 11) is -3.08. The summed E-state index contributed by atoms with van der Waals surface area (Å²) in [6, 6.07) is 6.66. The predicted octanol–water partition coefficient (Wildman–Crippen LogP) is 1.58. The number of hydrogen-bond donors (Lipinski definition) is 0. The molecule has 1 aliphatic rings. The molecular weight excluding hydrogens is 330 g/mol. The van der Waals surface area contributed by atoms with Crippen molar-refractivity contribution in [3.8, 4) is 0 Å². The van der Waals surface area contributed by atoms with Gasteiger partial charge in [0.05, 0.1) is 17.1 Å². The highest BCUT2D eigenvalue weighted by Gasteiger charge is 2.36. The molecule has 0 aliphatic carbocycles. The van der Waals surface area contributed by atoms with Crippen LogP contribution in [0, 0.1) is 6.92 Å². The number of benzene rings is 1. The topological polar surface area (TPSA) is 80.8 Å². The predicted molar refractivity (Wildman–Crippen MR) is 90.5 cm³/mol. The van der Waals surface area contributed by atoms with Crippen molar-refractivity contribution in [2.75, 3.05) is 18.1 Å². The third-order valence-electron chi connectivity index (χ3n) is 4.27. The summed E-state index contributed by atoms with van der Waals surface area (Å²) in [6.07, 6.45) is -0.527. The van der Waals surface area contributed by atoms with Gasteiger partial charge in [0.15, 0.2) is 15.9 Å². The third-order valence-corrected chi connectivity index (χ3v) is 6.02. The number of amides is 1. The lowest BCUT2D eigenvalue weighted by Gasteiger charge is -2.29. The quantitative estimate of drug-likeness (QED) is 0.751. The van der Waals surface area contributed by atoms with Crippen LogP contribution in [0.5, 0.6) is 0 Å². The number of sulfone groups is 1. The third kappa shape index (κ3) is 4.14. The molecule has 132 valence electrons. The van der Waals surface area contributed by atoms with Gasteiger partial charge in [0, 0.05) is 12.6 Å². The maximum absolute atomic E-state index is 12.6. The normalized spacial score (nSPS) is 20.4. The fourth-order valence-electron chi connectivity index (χ4n) is 2.93. The molecule has 0 saturated carbocycles. The van der Waals surface area contributed by atoms with Gasteiger partial charge in [-0.2, -0.15) is 0 Å². The Balaban J connectivity index is 2.05. The molecule has 0 radical (unpaired) electrons. The minimum atomic E-state index is -3.08. The zero-order valence-corrected chi connectivity index (χ0v) is 15.0. The molecule has 0 bridgehead atoms. The minimum Gasteiger partial charge on any atom is -0.449 e. The first-order valence-electron chi connectivity index (χ1n) is 8.02. The van der Waals surface area contributed by atoms with Gasteiger partial charge >= 0.3 is 5.97 Å². The van der Waals surface area contributed by atoms with Crippen molar-refractivity contribution >= 4 is 21.7 Å². The van der Waals surface area contributed by atoms with Gasteiger partial charge in [-0.3, -0.25) is 4.79 Å². The Kier molecular flexibility index (Phi) is 5.64. The Hall–Kier alpha value is -1.89. The summed E-state index contributed by atoms with van der Waals surface area (Å²) >= 11 is 0. The van der Waals surface area contributed by atoms with Crippen LogP contribution in [0.2, 0.25) is 0 Å². The Morgan fingerprint density at radius 2 is 2.00 bits per heavy atom. The van der Waals surface area contributed by atoms with E-state index in [1.807, 2.05) is 6.07 Å². The molecule has 6 nitrogen and oxygen atoms in total. The molecule has 0 N–H and O–H groups in total. The van der Waals surface area contributed by atoms with Gasteiger partial charge in [-0.1, -0.05) is 18.2 Å². The summed E-state index contributed by atoms with van der Waals surface area (Å²) in [5.41, 5.74) is 1.19. The average molecular weight is 353 g/mol. The second kappa shape index (κ2) is 7.34. The summed E-state index contributed by atoms with van der Waals surface area (Å²) in [5, 5.41) is 0. The van der Waals surface area contributed by atoms with Gasteiger partial charge < -0.3 is 9.64 Å². The van der Waals surface area contributed by atoms with Gasteiger partial charge in [0.2, 0.25) is 0 Å². The average Bonchev–Trinajstić information content (AvgIpc) is 2.88. The maximum atomic E-state index is 12.6. The lowest BCUT2D eigenvalue weighted by Crippen LogP contribution is -2.46. The molecule has 0 spiro atoms. The van der Waals surface area contributed by atoms with Gasteiger partial charge in [-0.25, -0.2) is 13.2 Å². The van der Waals surface area contributed by atoms with Crippen LogP contribution in [0.15, 0.2) is 24.3 Å². The van der Waals surface area contributed by atoms with E-state index < -0.39 is 21.9 Å². The first kappa shape index (κ1) is 18.4. The van der Waals surface area contributed by atoms with Crippen LogP contribution in [0.3, 0.4) is 0 Å². The van der Waals surface area contributed by atoms with E-state index in [0.29, 0.717) is 18.5 Å². The van der Waals surface area contributed by atoms with Gasteiger partial charge in [-0.15, -0.1) is 0 Å². The molecule has 2 rings (SSSR count). The highest BCUT2D eigenvalue weighted by Crippen LogP contribution is 2.19. The number of carbonyl (C=O) groups excluding carboxylic acids is 2. The Morgan fingerprint density at radius 3 is 2.54 bits per heavy atom. The molecule has 2 unspecified atom stereocenters. The number of rotatable bonds is 5. The second-order valence-electron chi connectivity index (χ2n) is 6.04. The molecule has 1 heterocycles. The zero-order valence-electron chi connectivity index (χ0n) is 14.2. The Labute approximate surface area is 142 Å². The van der Waals surface area contributed by atoms with Gasteiger partial charge in [0.1, 0.15) is 0 Å². The number of nitrogens with zero attached hydrogens (tertiary/aromatic N) is 1. The van der Waals surface area contributed by atoms with Crippen molar-refractivity contribution in [1.29, 1.82) is 0 Å². The van der Waals surface area contributed by atoms with Crippen molar-refractivity contribution < 1.29 is 22.7 Å². The first-order valence-corrected chi connectivity index (χ1v) is 9.85. The smallest absolute Gasteiger partial charge is 0.339 e. The first-order chi connectivity index (χ1) is 11.2. The summed E-state index contributed by atoms with van der Waals surface area (Å²) < 4.78 is 28.6. The van der Waals surface area contributed by atoms with Crippen LogP contribution in [-0.2, 0) is 19.4 Å². The fraction of sp³-hybridized carbons (Fsp3) is 0.529. The van der Waals surface area contributed by atoms with Crippen molar-refractivity contribution in [3.63, 3.8) is 0 Å². The number of likely N-dealkylation sites (N-methyl/N-ethyl adjacent to an activating group) is 1. The van der Waals surface area contributed by atoms with E-state index in [1.165, 1.54) is 11.8 Å². The molecule has 1 fully saturated rings. The summed E-state index contributed by atoms with van der Waals surface area (Å²) in [6.45, 7) is 5.49. The SMILES string of the molecule is CCN(C(=O)C(C)OC(=O)c1ccccc1C)C1CCS(=O)(=O)C1. The standard InChI is InChI=1S/C17H23NO5S/c1-4-18(14-9-10-24(21,22)11-14)16(19)13(3)23-17(20)15-8-6-5-7-12(15)2/h5-8,13-14H,4,9-11H2,1-3H3. The minimum absolute atomic E-state index is 0.0228. The number of aryl methyl sites for hydroxylation is 1. The van der Waals surface area contributed by atoms with E-state index in [4.69, 9.17) is 4.74 Å². The van der Waals surface area contributed by atoms with Crippen molar-refractivity contribution in [3.05, 3.63) is 35.4 Å². The molecular formula is C17H23NO5S. The molecule has 1 amide bonds. The number of carbonyl (C=O) groups is 2. The van der Waals surface area contributed by atoms with E-state index in [1.54, 1.807) is 32.0 Å². The van der Waals surface area contributed by atoms with Crippen molar-refractivity contribution in [2.45, 2.75) is 39.3 Å². The van der Waals surface area contributed by atoms with Gasteiger partial charge in [0.25, 0.3) is 5.91 Å². The molecule has 1 aromatic rings. The fourth-order valence-corrected chi connectivity index (χ4v) is 4.66. The van der Waals surface area contributed by atoms with E-state index in [-0.39, 0.29) is 23.5 Å². The highest BCUT2D eigenvalue weighted by molar-refractivity contribution is 7.91. The van der Waals surface area contributed by atoms with Gasteiger partial charge in [-0.05, 0) is 38.8 Å². The Bertz CT molecular complexity index is 728. The molecule has 7 heteroatoms. The highest BCUT2D eigenvalue weighted by atomic mass is 32.2. The number of hydrogen-bond acceptors (Lipinski definition) is 5.